The molecular weight excluding hydrogens is 322 g/mol. The van der Waals surface area contributed by atoms with E-state index < -0.39 is 5.97 Å². The second-order valence-electron chi connectivity index (χ2n) is 5.43. The molecule has 0 aliphatic carbocycles. The van der Waals surface area contributed by atoms with E-state index in [2.05, 4.69) is 5.32 Å². The van der Waals surface area contributed by atoms with E-state index in [1.807, 2.05) is 6.07 Å². The summed E-state index contributed by atoms with van der Waals surface area (Å²) in [7, 11) is 1.59. The zero-order valence-electron chi connectivity index (χ0n) is 14.2. The van der Waals surface area contributed by atoms with E-state index in [9.17, 15) is 9.59 Å². The predicted octanol–water partition coefficient (Wildman–Crippen LogP) is 3.32. The van der Waals surface area contributed by atoms with Crippen LogP contribution < -0.4 is 5.32 Å². The number of anilines is 1. The fraction of sp³-hybridized carbons (Fsp3) is 0.263. The minimum atomic E-state index is -0.953. The lowest BCUT2D eigenvalue weighted by atomic mass is 10.1. The van der Waals surface area contributed by atoms with Crippen molar-refractivity contribution in [3.05, 3.63) is 64.7 Å². The quantitative estimate of drug-likeness (QED) is 0.715. The molecule has 0 aromatic heterocycles. The summed E-state index contributed by atoms with van der Waals surface area (Å²) in [6.07, 6.45) is 0. The van der Waals surface area contributed by atoms with Gasteiger partial charge in [0, 0.05) is 19.3 Å². The number of nitrogens with one attached hydrogen (secondary N) is 1. The first-order valence-electron chi connectivity index (χ1n) is 7.89. The smallest absolute Gasteiger partial charge is 0.338 e. The lowest BCUT2D eigenvalue weighted by Crippen LogP contribution is -2.08. The maximum Gasteiger partial charge on any atom is 0.338 e. The average molecular weight is 343 g/mol. The molecule has 0 unspecified atom stereocenters. The van der Waals surface area contributed by atoms with Crippen LogP contribution in [0.4, 0.5) is 5.69 Å². The summed E-state index contributed by atoms with van der Waals surface area (Å²) < 4.78 is 10.2. The number of hydrogen-bond acceptors (Lipinski definition) is 5. The molecule has 6 nitrogen and oxygen atoms in total. The van der Waals surface area contributed by atoms with E-state index in [0.717, 1.165) is 16.8 Å². The molecule has 0 atom stereocenters. The molecule has 0 aliphatic rings. The summed E-state index contributed by atoms with van der Waals surface area (Å²) in [6.45, 7) is 2.96. The Kier molecular flexibility index (Phi) is 6.54. The fourth-order valence-corrected chi connectivity index (χ4v) is 2.35. The summed E-state index contributed by atoms with van der Waals surface area (Å²) in [4.78, 5) is 22.9. The first kappa shape index (κ1) is 18.5. The number of carbonyl (C=O) groups is 2. The predicted molar refractivity (Wildman–Crippen MR) is 93.8 cm³/mol. The Morgan fingerprint density at radius 3 is 2.36 bits per heavy atom. The minimum absolute atomic E-state index is 0.246. The van der Waals surface area contributed by atoms with Crippen molar-refractivity contribution in [1.82, 2.24) is 0 Å². The van der Waals surface area contributed by atoms with Gasteiger partial charge in [0.1, 0.15) is 0 Å². The van der Waals surface area contributed by atoms with Gasteiger partial charge in [0.05, 0.1) is 24.3 Å². The Hall–Kier alpha value is -2.86. The Bertz CT molecular complexity index is 740. The van der Waals surface area contributed by atoms with Crippen molar-refractivity contribution in [2.45, 2.75) is 20.1 Å². The van der Waals surface area contributed by atoms with Gasteiger partial charge < -0.3 is 19.9 Å². The molecule has 0 bridgehead atoms. The van der Waals surface area contributed by atoms with Gasteiger partial charge in [-0.25, -0.2) is 9.59 Å². The number of rotatable bonds is 8. The molecule has 132 valence electrons. The highest BCUT2D eigenvalue weighted by molar-refractivity contribution is 5.91. The zero-order chi connectivity index (χ0) is 18.2. The van der Waals surface area contributed by atoms with Gasteiger partial charge >= 0.3 is 11.9 Å². The molecule has 0 heterocycles. The van der Waals surface area contributed by atoms with Crippen molar-refractivity contribution >= 4 is 17.6 Å². The summed E-state index contributed by atoms with van der Waals surface area (Å²) in [5.41, 5.74) is 3.26. The number of ether oxygens (including phenoxy) is 2. The molecule has 2 N–H and O–H groups in total. The third-order valence-electron chi connectivity index (χ3n) is 3.51. The van der Waals surface area contributed by atoms with Gasteiger partial charge in [-0.1, -0.05) is 12.1 Å². The van der Waals surface area contributed by atoms with Gasteiger partial charge in [0.2, 0.25) is 0 Å². The highest BCUT2D eigenvalue weighted by atomic mass is 16.5. The topological polar surface area (TPSA) is 84.9 Å². The van der Waals surface area contributed by atoms with Crippen molar-refractivity contribution < 1.29 is 24.2 Å². The Morgan fingerprint density at radius 2 is 1.76 bits per heavy atom. The molecule has 0 saturated heterocycles. The molecule has 0 fully saturated rings. The van der Waals surface area contributed by atoms with Gasteiger partial charge in [0.15, 0.2) is 0 Å². The molecule has 2 rings (SSSR count). The van der Waals surface area contributed by atoms with Crippen molar-refractivity contribution in [3.8, 4) is 0 Å². The standard InChI is InChI=1S/C19H21NO5/c1-3-25-19(23)16-8-14(12-24-2)9-17(10-16)20-11-13-4-6-15(7-5-13)18(21)22/h4-10,20H,3,11-12H2,1-2H3,(H,21,22). The number of carboxylic acid groups (broad SMARTS) is 1. The van der Waals surface area contributed by atoms with Crippen molar-refractivity contribution in [2.75, 3.05) is 19.0 Å². The molecule has 6 heteroatoms. The SMILES string of the molecule is CCOC(=O)c1cc(COC)cc(NCc2ccc(C(=O)O)cc2)c1. The van der Waals surface area contributed by atoms with E-state index in [1.165, 1.54) is 0 Å². The Balaban J connectivity index is 2.14. The fourth-order valence-electron chi connectivity index (χ4n) is 2.35. The minimum Gasteiger partial charge on any atom is -0.478 e. The van der Waals surface area contributed by atoms with Crippen molar-refractivity contribution in [1.29, 1.82) is 0 Å². The van der Waals surface area contributed by atoms with E-state index in [0.29, 0.717) is 25.3 Å². The molecule has 2 aromatic carbocycles. The second-order valence-corrected chi connectivity index (χ2v) is 5.43. The zero-order valence-corrected chi connectivity index (χ0v) is 14.2. The molecule has 25 heavy (non-hydrogen) atoms. The monoisotopic (exact) mass is 343 g/mol. The number of benzene rings is 2. The summed E-state index contributed by atoms with van der Waals surface area (Å²) in [5, 5.41) is 12.2. The Labute approximate surface area is 146 Å². The maximum atomic E-state index is 12.0. The molecule has 0 amide bonds. The van der Waals surface area contributed by atoms with Crippen LogP contribution >= 0.6 is 0 Å². The van der Waals surface area contributed by atoms with Gasteiger partial charge in [-0.3, -0.25) is 0 Å². The van der Waals surface area contributed by atoms with E-state index in [1.54, 1.807) is 50.4 Å². The summed E-state index contributed by atoms with van der Waals surface area (Å²) >= 11 is 0. The number of esters is 1. The summed E-state index contributed by atoms with van der Waals surface area (Å²) in [6, 6.07) is 12.0. The van der Waals surface area contributed by atoms with Gasteiger partial charge in [-0.05, 0) is 48.4 Å². The first-order chi connectivity index (χ1) is 12.0. The van der Waals surface area contributed by atoms with E-state index >= 15 is 0 Å². The third-order valence-corrected chi connectivity index (χ3v) is 3.51. The second kappa shape index (κ2) is 8.84. The van der Waals surface area contributed by atoms with Gasteiger partial charge in [-0.15, -0.1) is 0 Å². The van der Waals surface area contributed by atoms with Crippen LogP contribution in [0.5, 0.6) is 0 Å². The van der Waals surface area contributed by atoms with E-state index in [4.69, 9.17) is 14.6 Å². The normalized spacial score (nSPS) is 10.3. The van der Waals surface area contributed by atoms with Crippen LogP contribution in [0.15, 0.2) is 42.5 Å². The average Bonchev–Trinajstić information content (AvgIpc) is 2.60. The highest BCUT2D eigenvalue weighted by Crippen LogP contribution is 2.18. The molecule has 0 spiro atoms. The molecule has 2 aromatic rings. The van der Waals surface area contributed by atoms with Crippen LogP contribution in [-0.2, 0) is 22.6 Å². The van der Waals surface area contributed by atoms with Crippen LogP contribution in [0, 0.1) is 0 Å². The Morgan fingerprint density at radius 1 is 1.04 bits per heavy atom. The van der Waals surface area contributed by atoms with Crippen molar-refractivity contribution in [2.24, 2.45) is 0 Å². The van der Waals surface area contributed by atoms with Crippen LogP contribution in [-0.4, -0.2) is 30.8 Å². The molecule has 0 radical (unpaired) electrons. The van der Waals surface area contributed by atoms with Crippen LogP contribution in [0.3, 0.4) is 0 Å². The molecule has 0 aliphatic heterocycles. The first-order valence-corrected chi connectivity index (χ1v) is 7.89. The lowest BCUT2D eigenvalue weighted by Gasteiger charge is -2.11. The number of methoxy groups -OCH3 is 1. The largest absolute Gasteiger partial charge is 0.478 e. The number of aromatic carboxylic acids is 1. The highest BCUT2D eigenvalue weighted by Gasteiger charge is 2.10. The molecular formula is C19H21NO5. The number of carbonyl (C=O) groups excluding carboxylic acids is 1. The van der Waals surface area contributed by atoms with Crippen LogP contribution in [0.2, 0.25) is 0 Å². The number of carboxylic acids is 1. The molecule has 0 saturated carbocycles. The third kappa shape index (κ3) is 5.32. The summed E-state index contributed by atoms with van der Waals surface area (Å²) in [5.74, 6) is -1.33. The van der Waals surface area contributed by atoms with Crippen LogP contribution in [0.25, 0.3) is 0 Å². The van der Waals surface area contributed by atoms with Gasteiger partial charge in [-0.2, -0.15) is 0 Å². The van der Waals surface area contributed by atoms with Crippen molar-refractivity contribution in [3.63, 3.8) is 0 Å². The lowest BCUT2D eigenvalue weighted by molar-refractivity contribution is 0.0525. The van der Waals surface area contributed by atoms with E-state index in [-0.39, 0.29) is 11.5 Å². The maximum absolute atomic E-state index is 12.0. The number of hydrogen-bond donors (Lipinski definition) is 2. The van der Waals surface area contributed by atoms with Crippen LogP contribution in [0.1, 0.15) is 38.8 Å². The van der Waals surface area contributed by atoms with Gasteiger partial charge in [0.25, 0.3) is 0 Å².